The standard InChI is InChI=1S/C25H27F3N4O2/c1-17-3-4-19(13-30-17)23(33)32-14-20(15-34-2)24(16-32)7-9-31(10-8-24)21-6-5-18(12-29)22(11-21)25(26,27)28/h3-6,11,13,20H,7-10,14-16H2,1-2H3. The van der Waals surface area contributed by atoms with E-state index in [1.165, 1.54) is 6.07 Å². The Morgan fingerprint density at radius 2 is 2.00 bits per heavy atom. The van der Waals surface area contributed by atoms with Crippen molar-refractivity contribution < 1.29 is 22.7 Å². The van der Waals surface area contributed by atoms with Crippen LogP contribution < -0.4 is 4.90 Å². The first-order valence-corrected chi connectivity index (χ1v) is 11.2. The molecule has 4 rings (SSSR count). The molecule has 2 aliphatic rings. The van der Waals surface area contributed by atoms with E-state index in [1.807, 2.05) is 22.8 Å². The molecule has 9 heteroatoms. The summed E-state index contributed by atoms with van der Waals surface area (Å²) < 4.78 is 45.7. The van der Waals surface area contributed by atoms with Gasteiger partial charge < -0.3 is 14.5 Å². The second kappa shape index (κ2) is 9.26. The number of pyridine rings is 1. The minimum Gasteiger partial charge on any atom is -0.384 e. The van der Waals surface area contributed by atoms with Crippen molar-refractivity contribution in [3.05, 3.63) is 58.9 Å². The lowest BCUT2D eigenvalue weighted by molar-refractivity contribution is -0.137. The van der Waals surface area contributed by atoms with Crippen LogP contribution in [0.15, 0.2) is 36.5 Å². The van der Waals surface area contributed by atoms with Crippen LogP contribution in [0.1, 0.15) is 40.0 Å². The summed E-state index contributed by atoms with van der Waals surface area (Å²) in [6, 6.07) is 9.11. The number of aromatic nitrogens is 1. The van der Waals surface area contributed by atoms with Crippen molar-refractivity contribution in [1.29, 1.82) is 5.26 Å². The van der Waals surface area contributed by atoms with Gasteiger partial charge in [-0.25, -0.2) is 0 Å². The number of hydrogen-bond donors (Lipinski definition) is 0. The van der Waals surface area contributed by atoms with E-state index in [2.05, 4.69) is 4.98 Å². The molecule has 2 saturated heterocycles. The van der Waals surface area contributed by atoms with Gasteiger partial charge >= 0.3 is 6.18 Å². The number of methoxy groups -OCH3 is 1. The summed E-state index contributed by atoms with van der Waals surface area (Å²) in [6.07, 6.45) is -1.52. The minimum absolute atomic E-state index is 0.0604. The third-order valence-corrected chi connectivity index (χ3v) is 7.18. The second-order valence-electron chi connectivity index (χ2n) is 9.22. The molecule has 0 saturated carbocycles. The van der Waals surface area contributed by atoms with Gasteiger partial charge in [-0.2, -0.15) is 18.4 Å². The molecule has 3 heterocycles. The Hall–Kier alpha value is -3.12. The lowest BCUT2D eigenvalue weighted by Gasteiger charge is -2.43. The van der Waals surface area contributed by atoms with Crippen LogP contribution in [0, 0.1) is 29.6 Å². The SMILES string of the molecule is COCC1CN(C(=O)c2ccc(C)nc2)CC12CCN(c1ccc(C#N)c(C(F)(F)F)c1)CC2. The van der Waals surface area contributed by atoms with Crippen LogP contribution in [0.5, 0.6) is 0 Å². The van der Waals surface area contributed by atoms with Crippen LogP contribution in [0.4, 0.5) is 18.9 Å². The minimum atomic E-state index is -4.58. The van der Waals surface area contributed by atoms with E-state index in [4.69, 9.17) is 10.00 Å². The van der Waals surface area contributed by atoms with E-state index in [9.17, 15) is 18.0 Å². The summed E-state index contributed by atoms with van der Waals surface area (Å²) in [4.78, 5) is 21.1. The number of nitrogens with zero attached hydrogens (tertiary/aromatic N) is 4. The number of carbonyl (C=O) groups is 1. The van der Waals surface area contributed by atoms with Crippen LogP contribution in [0.2, 0.25) is 0 Å². The molecule has 1 atom stereocenters. The van der Waals surface area contributed by atoms with Gasteiger partial charge in [-0.15, -0.1) is 0 Å². The molecule has 2 aromatic rings. The average Bonchev–Trinajstić information content (AvgIpc) is 3.16. The predicted molar refractivity (Wildman–Crippen MR) is 120 cm³/mol. The number of benzene rings is 1. The third kappa shape index (κ3) is 4.60. The van der Waals surface area contributed by atoms with Gasteiger partial charge in [0, 0.05) is 56.8 Å². The molecule has 1 aromatic heterocycles. The Labute approximate surface area is 196 Å². The van der Waals surface area contributed by atoms with E-state index in [-0.39, 0.29) is 22.8 Å². The number of halogens is 3. The van der Waals surface area contributed by atoms with E-state index >= 15 is 0 Å². The molecule has 0 radical (unpaired) electrons. The Morgan fingerprint density at radius 1 is 1.26 bits per heavy atom. The number of rotatable bonds is 4. The molecule has 1 aromatic carbocycles. The molecule has 6 nitrogen and oxygen atoms in total. The zero-order valence-electron chi connectivity index (χ0n) is 19.2. The van der Waals surface area contributed by atoms with Crippen LogP contribution in [0.25, 0.3) is 0 Å². The molecule has 1 unspecified atom stereocenters. The van der Waals surface area contributed by atoms with Crippen molar-refractivity contribution in [2.45, 2.75) is 25.9 Å². The lowest BCUT2D eigenvalue weighted by Crippen LogP contribution is -2.45. The molecule has 34 heavy (non-hydrogen) atoms. The van der Waals surface area contributed by atoms with Crippen molar-refractivity contribution in [2.24, 2.45) is 11.3 Å². The fraction of sp³-hybridized carbons (Fsp3) is 0.480. The lowest BCUT2D eigenvalue weighted by atomic mass is 9.71. The van der Waals surface area contributed by atoms with E-state index < -0.39 is 11.7 Å². The molecule has 0 N–H and O–H groups in total. The molecular weight excluding hydrogens is 445 g/mol. The zero-order valence-corrected chi connectivity index (χ0v) is 19.2. The largest absolute Gasteiger partial charge is 0.417 e. The molecule has 1 spiro atoms. The molecule has 2 fully saturated rings. The van der Waals surface area contributed by atoms with Gasteiger partial charge in [-0.1, -0.05) is 0 Å². The number of ether oxygens (including phenoxy) is 1. The van der Waals surface area contributed by atoms with Gasteiger partial charge in [-0.3, -0.25) is 9.78 Å². The number of piperidine rings is 1. The summed E-state index contributed by atoms with van der Waals surface area (Å²) in [6.45, 7) is 4.69. The number of anilines is 1. The van der Waals surface area contributed by atoms with Crippen molar-refractivity contribution in [2.75, 3.05) is 44.8 Å². The quantitative estimate of drug-likeness (QED) is 0.664. The predicted octanol–water partition coefficient (Wildman–Crippen LogP) is 4.29. The fourth-order valence-corrected chi connectivity index (χ4v) is 5.23. The number of amides is 1. The maximum atomic E-state index is 13.4. The molecule has 1 amide bonds. The highest BCUT2D eigenvalue weighted by atomic mass is 19.4. The summed E-state index contributed by atoms with van der Waals surface area (Å²) in [5.74, 6) is 0.0866. The summed E-state index contributed by atoms with van der Waals surface area (Å²) >= 11 is 0. The summed E-state index contributed by atoms with van der Waals surface area (Å²) in [7, 11) is 1.65. The third-order valence-electron chi connectivity index (χ3n) is 7.18. The van der Waals surface area contributed by atoms with Gasteiger partial charge in [0.2, 0.25) is 0 Å². The maximum absolute atomic E-state index is 13.4. The smallest absolute Gasteiger partial charge is 0.384 e. The first-order valence-electron chi connectivity index (χ1n) is 11.2. The molecule has 2 aliphatic heterocycles. The Kier molecular flexibility index (Phi) is 6.54. The zero-order chi connectivity index (χ0) is 24.5. The van der Waals surface area contributed by atoms with Gasteiger partial charge in [0.25, 0.3) is 5.91 Å². The molecule has 0 bridgehead atoms. The number of nitriles is 1. The number of hydrogen-bond acceptors (Lipinski definition) is 5. The molecular formula is C25H27F3N4O2. The highest BCUT2D eigenvalue weighted by Gasteiger charge is 2.49. The Balaban J connectivity index is 1.51. The first-order chi connectivity index (χ1) is 16.2. The van der Waals surface area contributed by atoms with Crippen LogP contribution in [-0.2, 0) is 10.9 Å². The van der Waals surface area contributed by atoms with E-state index in [1.54, 1.807) is 31.5 Å². The van der Waals surface area contributed by atoms with Crippen LogP contribution in [0.3, 0.4) is 0 Å². The number of likely N-dealkylation sites (tertiary alicyclic amines) is 1. The topological polar surface area (TPSA) is 69.5 Å². The molecule has 0 aliphatic carbocycles. The van der Waals surface area contributed by atoms with Crippen molar-refractivity contribution in [3.63, 3.8) is 0 Å². The van der Waals surface area contributed by atoms with Crippen LogP contribution >= 0.6 is 0 Å². The normalized spacial score (nSPS) is 19.9. The monoisotopic (exact) mass is 472 g/mol. The van der Waals surface area contributed by atoms with Crippen molar-refractivity contribution in [3.8, 4) is 6.07 Å². The van der Waals surface area contributed by atoms with Gasteiger partial charge in [0.15, 0.2) is 0 Å². The van der Waals surface area contributed by atoms with Gasteiger partial charge in [0.1, 0.15) is 0 Å². The van der Waals surface area contributed by atoms with Crippen molar-refractivity contribution in [1.82, 2.24) is 9.88 Å². The Morgan fingerprint density at radius 3 is 2.59 bits per heavy atom. The number of aryl methyl sites for hydroxylation is 1. The average molecular weight is 473 g/mol. The maximum Gasteiger partial charge on any atom is 0.417 e. The van der Waals surface area contributed by atoms with E-state index in [0.29, 0.717) is 44.0 Å². The molecule has 180 valence electrons. The number of carbonyl (C=O) groups excluding carboxylic acids is 1. The van der Waals surface area contributed by atoms with Crippen LogP contribution in [-0.4, -0.2) is 55.7 Å². The highest BCUT2D eigenvalue weighted by molar-refractivity contribution is 5.94. The Bertz CT molecular complexity index is 1090. The highest BCUT2D eigenvalue weighted by Crippen LogP contribution is 2.46. The van der Waals surface area contributed by atoms with Gasteiger partial charge in [-0.05, 0) is 55.5 Å². The summed E-state index contributed by atoms with van der Waals surface area (Å²) in [5, 5.41) is 9.06. The fourth-order valence-electron chi connectivity index (χ4n) is 5.23. The summed E-state index contributed by atoms with van der Waals surface area (Å²) in [5.41, 5.74) is 0.416. The van der Waals surface area contributed by atoms with E-state index in [0.717, 1.165) is 24.6 Å². The second-order valence-corrected chi connectivity index (χ2v) is 9.22. The van der Waals surface area contributed by atoms with Crippen molar-refractivity contribution >= 4 is 11.6 Å². The van der Waals surface area contributed by atoms with Gasteiger partial charge in [0.05, 0.1) is 29.4 Å². The number of alkyl halides is 3. The first kappa shape index (κ1) is 24.0.